The smallest absolute Gasteiger partial charge is 0.243 e. The molecule has 3 fully saturated rings. The molecule has 0 aromatic rings. The van der Waals surface area contributed by atoms with Gasteiger partial charge in [-0.15, -0.1) is 0 Å². The van der Waals surface area contributed by atoms with Crippen LogP contribution >= 0.6 is 0 Å². The van der Waals surface area contributed by atoms with Crippen molar-refractivity contribution in [2.75, 3.05) is 40.5 Å². The average molecular weight is 352 g/mol. The summed E-state index contributed by atoms with van der Waals surface area (Å²) in [5, 5.41) is 7.09. The van der Waals surface area contributed by atoms with Crippen LogP contribution in [0.1, 0.15) is 44.9 Å². The molecule has 7 heteroatoms. The number of nitrogens with one attached hydrogen (secondary N) is 2. The third-order valence-corrected chi connectivity index (χ3v) is 5.47. The quantitative estimate of drug-likeness (QED) is 0.581. The maximum atomic E-state index is 11.9. The van der Waals surface area contributed by atoms with Crippen molar-refractivity contribution in [3.05, 3.63) is 0 Å². The standard InChI is InChI=1S/C18H32N4O3/c1-22(2)16(23)12-19-17(20-14-5-3-4-6-14)21-15-7-9-25-18(11-15)8-10-24-13-18/h14-15H,3-13H2,1-2H3,(H2,19,20,21). The number of guanidine groups is 1. The molecule has 1 amide bonds. The number of likely N-dealkylation sites (N-methyl/N-ethyl adjacent to an activating group) is 1. The van der Waals surface area contributed by atoms with E-state index in [1.54, 1.807) is 19.0 Å². The molecule has 0 radical (unpaired) electrons. The molecule has 2 aliphatic heterocycles. The molecule has 0 aromatic heterocycles. The fourth-order valence-electron chi connectivity index (χ4n) is 3.89. The Hall–Kier alpha value is -1.34. The van der Waals surface area contributed by atoms with Crippen LogP contribution in [0, 0.1) is 0 Å². The van der Waals surface area contributed by atoms with E-state index < -0.39 is 0 Å². The minimum Gasteiger partial charge on any atom is -0.378 e. The van der Waals surface area contributed by atoms with Crippen LogP contribution in [0.15, 0.2) is 4.99 Å². The van der Waals surface area contributed by atoms with Crippen LogP contribution in [0.4, 0.5) is 0 Å². The molecule has 2 N–H and O–H groups in total. The summed E-state index contributed by atoms with van der Waals surface area (Å²) < 4.78 is 11.6. The summed E-state index contributed by atoms with van der Waals surface area (Å²) in [5.74, 6) is 0.781. The summed E-state index contributed by atoms with van der Waals surface area (Å²) in [6, 6.07) is 0.766. The molecule has 3 rings (SSSR count). The van der Waals surface area contributed by atoms with Crippen LogP contribution < -0.4 is 10.6 Å². The highest BCUT2D eigenvalue weighted by Crippen LogP contribution is 2.32. The zero-order chi connectivity index (χ0) is 17.7. The van der Waals surface area contributed by atoms with Crippen molar-refractivity contribution in [1.29, 1.82) is 0 Å². The predicted molar refractivity (Wildman–Crippen MR) is 96.7 cm³/mol. The molecule has 2 unspecified atom stereocenters. The Kier molecular flexibility index (Phi) is 6.17. The summed E-state index contributed by atoms with van der Waals surface area (Å²) in [6.07, 6.45) is 7.72. The lowest BCUT2D eigenvalue weighted by molar-refractivity contribution is -0.127. The lowest BCUT2D eigenvalue weighted by atomic mass is 9.90. The van der Waals surface area contributed by atoms with Gasteiger partial charge in [0.2, 0.25) is 5.91 Å². The van der Waals surface area contributed by atoms with Gasteiger partial charge in [0.15, 0.2) is 5.96 Å². The third-order valence-electron chi connectivity index (χ3n) is 5.47. The van der Waals surface area contributed by atoms with Crippen molar-refractivity contribution < 1.29 is 14.3 Å². The fraction of sp³-hybridized carbons (Fsp3) is 0.889. The number of amides is 1. The Bertz CT molecular complexity index is 483. The first-order valence-corrected chi connectivity index (χ1v) is 9.56. The van der Waals surface area contributed by atoms with Gasteiger partial charge >= 0.3 is 0 Å². The minimum absolute atomic E-state index is 0.0140. The lowest BCUT2D eigenvalue weighted by Crippen LogP contribution is -2.53. The van der Waals surface area contributed by atoms with E-state index in [4.69, 9.17) is 9.47 Å². The van der Waals surface area contributed by atoms with Gasteiger partial charge in [0.05, 0.1) is 12.2 Å². The first kappa shape index (κ1) is 18.5. The summed E-state index contributed by atoms with van der Waals surface area (Å²) >= 11 is 0. The molecule has 7 nitrogen and oxygen atoms in total. The molecule has 142 valence electrons. The highest BCUT2D eigenvalue weighted by atomic mass is 16.6. The average Bonchev–Trinajstić information content (AvgIpc) is 3.25. The number of ether oxygens (including phenoxy) is 2. The number of rotatable bonds is 4. The molecule has 0 bridgehead atoms. The Morgan fingerprint density at radius 1 is 1.16 bits per heavy atom. The molecule has 2 atom stereocenters. The molecule has 1 spiro atoms. The van der Waals surface area contributed by atoms with Gasteiger partial charge < -0.3 is 25.0 Å². The topological polar surface area (TPSA) is 75.2 Å². The van der Waals surface area contributed by atoms with Gasteiger partial charge in [0.1, 0.15) is 6.54 Å². The molecule has 1 saturated carbocycles. The van der Waals surface area contributed by atoms with Gasteiger partial charge in [-0.1, -0.05) is 12.8 Å². The number of nitrogens with zero attached hydrogens (tertiary/aromatic N) is 2. The lowest BCUT2D eigenvalue weighted by Gasteiger charge is -2.38. The van der Waals surface area contributed by atoms with Gasteiger partial charge in [0.25, 0.3) is 0 Å². The SMILES string of the molecule is CN(C)C(=O)CN=C(NC1CCCC1)NC1CCOC2(CCOC2)C1. The summed E-state index contributed by atoms with van der Waals surface area (Å²) in [4.78, 5) is 18.0. The maximum absolute atomic E-state index is 11.9. The summed E-state index contributed by atoms with van der Waals surface area (Å²) in [6.45, 7) is 2.39. The zero-order valence-electron chi connectivity index (χ0n) is 15.6. The van der Waals surface area contributed by atoms with Crippen molar-refractivity contribution >= 4 is 11.9 Å². The monoisotopic (exact) mass is 352 g/mol. The molecule has 2 heterocycles. The predicted octanol–water partition coefficient (Wildman–Crippen LogP) is 0.891. The molecule has 3 aliphatic rings. The Balaban J connectivity index is 1.61. The van der Waals surface area contributed by atoms with E-state index >= 15 is 0 Å². The normalized spacial score (nSPS) is 30.6. The van der Waals surface area contributed by atoms with E-state index in [0.29, 0.717) is 18.7 Å². The molecule has 1 aliphatic carbocycles. The van der Waals surface area contributed by atoms with Gasteiger partial charge in [-0.25, -0.2) is 4.99 Å². The number of carbonyl (C=O) groups excluding carboxylic acids is 1. The number of hydrogen-bond donors (Lipinski definition) is 2. The van der Waals surface area contributed by atoms with E-state index in [0.717, 1.165) is 38.4 Å². The van der Waals surface area contributed by atoms with Gasteiger partial charge in [-0.05, 0) is 25.7 Å². The van der Waals surface area contributed by atoms with Crippen molar-refractivity contribution in [3.8, 4) is 0 Å². The highest BCUT2D eigenvalue weighted by molar-refractivity contribution is 5.85. The Labute approximate surface area is 150 Å². The van der Waals surface area contributed by atoms with Crippen molar-refractivity contribution in [2.45, 2.75) is 62.6 Å². The van der Waals surface area contributed by atoms with Crippen LogP contribution in [-0.2, 0) is 14.3 Å². The summed E-state index contributed by atoms with van der Waals surface area (Å²) in [7, 11) is 3.52. The number of carbonyl (C=O) groups is 1. The maximum Gasteiger partial charge on any atom is 0.243 e. The fourth-order valence-corrected chi connectivity index (χ4v) is 3.89. The van der Waals surface area contributed by atoms with Crippen LogP contribution in [0.25, 0.3) is 0 Å². The van der Waals surface area contributed by atoms with E-state index in [1.807, 2.05) is 0 Å². The summed E-state index contributed by atoms with van der Waals surface area (Å²) in [5.41, 5.74) is -0.131. The molecular formula is C18H32N4O3. The Morgan fingerprint density at radius 3 is 2.60 bits per heavy atom. The van der Waals surface area contributed by atoms with Crippen LogP contribution in [0.2, 0.25) is 0 Å². The van der Waals surface area contributed by atoms with Crippen molar-refractivity contribution in [1.82, 2.24) is 15.5 Å². The van der Waals surface area contributed by atoms with E-state index in [1.165, 1.54) is 25.7 Å². The first-order chi connectivity index (χ1) is 12.1. The second kappa shape index (κ2) is 8.36. The van der Waals surface area contributed by atoms with Crippen LogP contribution in [0.5, 0.6) is 0 Å². The highest BCUT2D eigenvalue weighted by Gasteiger charge is 2.41. The third kappa shape index (κ3) is 5.07. The van der Waals surface area contributed by atoms with Gasteiger partial charge in [-0.2, -0.15) is 0 Å². The molecule has 2 saturated heterocycles. The van der Waals surface area contributed by atoms with Crippen molar-refractivity contribution in [2.24, 2.45) is 4.99 Å². The van der Waals surface area contributed by atoms with Crippen LogP contribution in [-0.4, -0.2) is 74.9 Å². The van der Waals surface area contributed by atoms with Crippen LogP contribution in [0.3, 0.4) is 0 Å². The van der Waals surface area contributed by atoms with E-state index in [2.05, 4.69) is 15.6 Å². The molecule has 0 aromatic carbocycles. The number of hydrogen-bond acceptors (Lipinski definition) is 4. The second-order valence-electron chi connectivity index (χ2n) is 7.75. The Morgan fingerprint density at radius 2 is 1.92 bits per heavy atom. The van der Waals surface area contributed by atoms with Gasteiger partial charge in [0, 0.05) is 45.8 Å². The largest absolute Gasteiger partial charge is 0.378 e. The minimum atomic E-state index is -0.131. The van der Waals surface area contributed by atoms with E-state index in [9.17, 15) is 4.79 Å². The first-order valence-electron chi connectivity index (χ1n) is 9.56. The second-order valence-corrected chi connectivity index (χ2v) is 7.75. The van der Waals surface area contributed by atoms with Gasteiger partial charge in [-0.3, -0.25) is 4.79 Å². The molecular weight excluding hydrogens is 320 g/mol. The number of aliphatic imine (C=N–C) groups is 1. The van der Waals surface area contributed by atoms with E-state index in [-0.39, 0.29) is 18.1 Å². The van der Waals surface area contributed by atoms with Crippen molar-refractivity contribution in [3.63, 3.8) is 0 Å². The molecule has 25 heavy (non-hydrogen) atoms. The zero-order valence-corrected chi connectivity index (χ0v) is 15.6.